The molecule has 0 aliphatic heterocycles. The van der Waals surface area contributed by atoms with Crippen LogP contribution in [0.15, 0.2) is 88.6 Å². The van der Waals surface area contributed by atoms with Gasteiger partial charge in [-0.15, -0.1) is 0 Å². The first-order valence-corrected chi connectivity index (χ1v) is 8.89. The molecule has 0 saturated carbocycles. The van der Waals surface area contributed by atoms with E-state index in [-0.39, 0.29) is 17.8 Å². The Morgan fingerprint density at radius 3 is 1.85 bits per heavy atom. The first kappa shape index (κ1) is 18.4. The van der Waals surface area contributed by atoms with Crippen molar-refractivity contribution in [1.82, 2.24) is 9.13 Å². The first-order valence-electron chi connectivity index (χ1n) is 8.89. The summed E-state index contributed by atoms with van der Waals surface area (Å²) in [6, 6.07) is 19.7. The summed E-state index contributed by atoms with van der Waals surface area (Å²) in [5.74, 6) is 0. The summed E-state index contributed by atoms with van der Waals surface area (Å²) in [6.07, 6.45) is 9.25. The fourth-order valence-electron chi connectivity index (χ4n) is 2.82. The van der Waals surface area contributed by atoms with E-state index in [9.17, 15) is 9.59 Å². The molecule has 4 nitrogen and oxygen atoms in total. The van der Waals surface area contributed by atoms with E-state index in [1.807, 2.05) is 85.0 Å². The summed E-state index contributed by atoms with van der Waals surface area (Å²) in [4.78, 5) is 25.1. The van der Waals surface area contributed by atoms with E-state index in [0.717, 1.165) is 11.1 Å². The minimum Gasteiger partial charge on any atom is -0.296 e. The van der Waals surface area contributed by atoms with Crippen LogP contribution in [0.25, 0.3) is 12.2 Å². The summed E-state index contributed by atoms with van der Waals surface area (Å²) in [5, 5.41) is 0. The van der Waals surface area contributed by atoms with Crippen LogP contribution in [0.5, 0.6) is 0 Å². The smallest absolute Gasteiger partial charge is 0.296 e. The first-order chi connectivity index (χ1) is 13.1. The quantitative estimate of drug-likeness (QED) is 0.674. The van der Waals surface area contributed by atoms with E-state index < -0.39 is 0 Å². The van der Waals surface area contributed by atoms with Gasteiger partial charge >= 0.3 is 5.69 Å². The second kappa shape index (κ2) is 8.81. The third-order valence-corrected chi connectivity index (χ3v) is 4.22. The van der Waals surface area contributed by atoms with Crippen LogP contribution in [0.4, 0.5) is 0 Å². The van der Waals surface area contributed by atoms with E-state index in [0.29, 0.717) is 12.1 Å². The van der Waals surface area contributed by atoms with E-state index in [2.05, 4.69) is 0 Å². The topological polar surface area (TPSA) is 44.0 Å². The predicted molar refractivity (Wildman–Crippen MR) is 111 cm³/mol. The van der Waals surface area contributed by atoms with E-state index >= 15 is 0 Å². The van der Waals surface area contributed by atoms with Gasteiger partial charge in [0.1, 0.15) is 0 Å². The molecular weight excluding hydrogens is 336 g/mol. The van der Waals surface area contributed by atoms with E-state index in [1.165, 1.54) is 4.57 Å². The average Bonchev–Trinajstić information content (AvgIpc) is 2.70. The van der Waals surface area contributed by atoms with Crippen molar-refractivity contribution in [2.45, 2.75) is 20.0 Å². The number of aromatic nitrogens is 2. The zero-order valence-corrected chi connectivity index (χ0v) is 15.3. The van der Waals surface area contributed by atoms with E-state index in [4.69, 9.17) is 0 Å². The van der Waals surface area contributed by atoms with E-state index in [1.54, 1.807) is 17.7 Å². The molecule has 27 heavy (non-hydrogen) atoms. The lowest BCUT2D eigenvalue weighted by Crippen LogP contribution is -2.40. The number of aryl methyl sites for hydroxylation is 1. The van der Waals surface area contributed by atoms with Crippen molar-refractivity contribution in [1.29, 1.82) is 0 Å². The minimum atomic E-state index is -0.305. The molecular formula is C23H22N2O2. The molecule has 0 atom stereocenters. The van der Waals surface area contributed by atoms with Gasteiger partial charge in [-0.1, -0.05) is 85.0 Å². The molecule has 136 valence electrons. The minimum absolute atomic E-state index is 0.247. The molecule has 0 fully saturated rings. The zero-order valence-electron chi connectivity index (χ0n) is 15.3. The number of nitrogens with zero attached hydrogens (tertiary/aromatic N) is 2. The van der Waals surface area contributed by atoms with Gasteiger partial charge in [-0.25, -0.2) is 4.79 Å². The van der Waals surface area contributed by atoms with Crippen LogP contribution < -0.4 is 11.2 Å². The van der Waals surface area contributed by atoms with Crippen LogP contribution in [-0.4, -0.2) is 9.13 Å². The predicted octanol–water partition coefficient (Wildman–Crippen LogP) is 3.75. The molecule has 0 radical (unpaired) electrons. The van der Waals surface area contributed by atoms with Gasteiger partial charge in [0.2, 0.25) is 0 Å². The van der Waals surface area contributed by atoms with Crippen molar-refractivity contribution in [3.05, 3.63) is 117 Å². The van der Waals surface area contributed by atoms with Gasteiger partial charge in [-0.05, 0) is 18.1 Å². The van der Waals surface area contributed by atoms with Crippen LogP contribution in [0.3, 0.4) is 0 Å². The highest BCUT2D eigenvalue weighted by atomic mass is 16.2. The Bertz CT molecular complexity index is 1060. The van der Waals surface area contributed by atoms with Crippen LogP contribution in [0, 0.1) is 6.92 Å². The number of allylic oxidation sites excluding steroid dienone is 2. The normalized spacial score (nSPS) is 11.4. The lowest BCUT2D eigenvalue weighted by Gasteiger charge is -2.08. The van der Waals surface area contributed by atoms with Gasteiger partial charge in [-0.2, -0.15) is 0 Å². The van der Waals surface area contributed by atoms with Gasteiger partial charge in [0.15, 0.2) is 0 Å². The lowest BCUT2D eigenvalue weighted by atomic mass is 10.2. The standard InChI is InChI=1S/C23H22N2O2/c1-19-18-24(16-8-14-20-10-4-2-5-11-20)23(27)25(22(19)26)17-9-15-21-12-6-3-7-13-21/h2-15,18H,16-17H2,1H3/b14-8?,15-9+. The Labute approximate surface area is 158 Å². The third-order valence-electron chi connectivity index (χ3n) is 4.22. The lowest BCUT2D eigenvalue weighted by molar-refractivity contribution is 0.619. The summed E-state index contributed by atoms with van der Waals surface area (Å²) in [6.45, 7) is 2.39. The van der Waals surface area contributed by atoms with Crippen LogP contribution in [0.1, 0.15) is 16.7 Å². The number of benzene rings is 2. The second-order valence-electron chi connectivity index (χ2n) is 6.29. The van der Waals surface area contributed by atoms with Gasteiger partial charge in [0, 0.05) is 24.8 Å². The van der Waals surface area contributed by atoms with Crippen molar-refractivity contribution in [2.24, 2.45) is 0 Å². The van der Waals surface area contributed by atoms with Crippen molar-refractivity contribution < 1.29 is 0 Å². The molecule has 0 aliphatic rings. The summed E-state index contributed by atoms with van der Waals surface area (Å²) in [5.41, 5.74) is 2.10. The fourth-order valence-corrected chi connectivity index (χ4v) is 2.82. The Morgan fingerprint density at radius 2 is 1.30 bits per heavy atom. The highest BCUT2D eigenvalue weighted by Crippen LogP contribution is 2.02. The van der Waals surface area contributed by atoms with Crippen LogP contribution in [0.2, 0.25) is 0 Å². The number of rotatable bonds is 6. The SMILES string of the molecule is Cc1cn(CC=Cc2ccccc2)c(=O)n(C/C=C/c2ccccc2)c1=O. The highest BCUT2D eigenvalue weighted by Gasteiger charge is 2.06. The van der Waals surface area contributed by atoms with Gasteiger partial charge < -0.3 is 0 Å². The maximum Gasteiger partial charge on any atom is 0.331 e. The summed E-state index contributed by atoms with van der Waals surface area (Å²) < 4.78 is 2.83. The van der Waals surface area contributed by atoms with Crippen molar-refractivity contribution in [2.75, 3.05) is 0 Å². The molecule has 3 rings (SSSR count). The van der Waals surface area contributed by atoms with Crippen molar-refractivity contribution >= 4 is 12.2 Å². The highest BCUT2D eigenvalue weighted by molar-refractivity contribution is 5.49. The second-order valence-corrected chi connectivity index (χ2v) is 6.29. The van der Waals surface area contributed by atoms with Gasteiger partial charge in [-0.3, -0.25) is 13.9 Å². The molecule has 3 aromatic rings. The Morgan fingerprint density at radius 1 is 0.778 bits per heavy atom. The number of hydrogen-bond acceptors (Lipinski definition) is 2. The molecule has 0 aliphatic carbocycles. The molecule has 1 heterocycles. The zero-order chi connectivity index (χ0) is 19.1. The molecule has 2 aromatic carbocycles. The monoisotopic (exact) mass is 358 g/mol. The van der Waals surface area contributed by atoms with Crippen molar-refractivity contribution in [3.63, 3.8) is 0 Å². The summed E-state index contributed by atoms with van der Waals surface area (Å²) in [7, 11) is 0. The maximum absolute atomic E-state index is 12.7. The van der Waals surface area contributed by atoms with Crippen molar-refractivity contribution in [3.8, 4) is 0 Å². The Balaban J connectivity index is 1.80. The van der Waals surface area contributed by atoms with Crippen LogP contribution in [-0.2, 0) is 13.1 Å². The molecule has 0 bridgehead atoms. The Kier molecular flexibility index (Phi) is 6.00. The molecule has 1 aromatic heterocycles. The summed E-state index contributed by atoms with van der Waals surface area (Å²) >= 11 is 0. The maximum atomic E-state index is 12.7. The molecule has 4 heteroatoms. The molecule has 0 amide bonds. The largest absolute Gasteiger partial charge is 0.331 e. The Hall–Kier alpha value is -3.40. The van der Waals surface area contributed by atoms with Gasteiger partial charge in [0.05, 0.1) is 0 Å². The molecule has 0 unspecified atom stereocenters. The number of hydrogen-bond donors (Lipinski definition) is 0. The van der Waals surface area contributed by atoms with Gasteiger partial charge in [0.25, 0.3) is 5.56 Å². The molecule has 0 N–H and O–H groups in total. The average molecular weight is 358 g/mol. The molecule has 0 saturated heterocycles. The fraction of sp³-hybridized carbons (Fsp3) is 0.130. The van der Waals surface area contributed by atoms with Crippen LogP contribution >= 0.6 is 0 Å². The molecule has 0 spiro atoms. The third kappa shape index (κ3) is 4.82.